The van der Waals surface area contributed by atoms with Crippen LogP contribution in [0.2, 0.25) is 5.02 Å². The van der Waals surface area contributed by atoms with Crippen molar-refractivity contribution in [3.63, 3.8) is 0 Å². The molecule has 232 valence electrons. The zero-order valence-corrected chi connectivity index (χ0v) is 26.8. The van der Waals surface area contributed by atoms with Gasteiger partial charge in [0.05, 0.1) is 7.11 Å². The minimum absolute atomic E-state index is 0.0619. The van der Waals surface area contributed by atoms with Crippen molar-refractivity contribution < 1.29 is 29.0 Å². The van der Waals surface area contributed by atoms with E-state index in [0.717, 1.165) is 16.7 Å². The molecule has 0 spiro atoms. The number of ether oxygens (including phenoxy) is 2. The minimum atomic E-state index is -1.01. The van der Waals surface area contributed by atoms with Crippen LogP contribution < -0.4 is 9.47 Å². The average Bonchev–Trinajstić information content (AvgIpc) is 2.92. The van der Waals surface area contributed by atoms with Gasteiger partial charge in [0.2, 0.25) is 0 Å². The fourth-order valence-corrected chi connectivity index (χ4v) is 7.04. The Morgan fingerprint density at radius 3 is 2.07 bits per heavy atom. The van der Waals surface area contributed by atoms with Gasteiger partial charge in [0, 0.05) is 51.9 Å². The standard InChI is InChI=1S/C36H40ClNO6/c1-7-8-22-13-23(14-29(43-6)34(22)44-20-21-9-11-24(37)12-10-21)31-32-25(15-35(2,3)17-27(32)39)38(19-30(41)42)26-16-36(4,5)18-28(40)33(26)31/h7,9-14,31H,1,8,15-20H2,2-6H3,(H,41,42). The molecule has 0 bridgehead atoms. The first kappa shape index (κ1) is 31.6. The molecule has 44 heavy (non-hydrogen) atoms. The van der Waals surface area contributed by atoms with Crippen LogP contribution in [0.3, 0.4) is 0 Å². The Morgan fingerprint density at radius 2 is 1.57 bits per heavy atom. The van der Waals surface area contributed by atoms with Crippen molar-refractivity contribution in [1.82, 2.24) is 4.90 Å². The van der Waals surface area contributed by atoms with Gasteiger partial charge in [-0.25, -0.2) is 0 Å². The highest BCUT2D eigenvalue weighted by atomic mass is 35.5. The summed E-state index contributed by atoms with van der Waals surface area (Å²) in [6.07, 6.45) is 3.93. The molecule has 2 aromatic rings. The number of carbonyl (C=O) groups is 3. The molecule has 0 radical (unpaired) electrons. The molecule has 0 amide bonds. The van der Waals surface area contributed by atoms with Gasteiger partial charge in [-0.3, -0.25) is 14.4 Å². The SMILES string of the molecule is C=CCc1cc(C2C3=C(CC(C)(C)CC3=O)N(CC(=O)O)C3=C2C(=O)CC(C)(C)C3)cc(OC)c1OCc1ccc(Cl)cc1. The van der Waals surface area contributed by atoms with Crippen molar-refractivity contribution in [2.45, 2.75) is 72.3 Å². The third kappa shape index (κ3) is 6.20. The topological polar surface area (TPSA) is 93.1 Å². The molecule has 0 fully saturated rings. The molecule has 8 heteroatoms. The fourth-order valence-electron chi connectivity index (χ4n) is 6.92. The highest BCUT2D eigenvalue weighted by Gasteiger charge is 2.49. The number of rotatable bonds is 9. The van der Waals surface area contributed by atoms with Gasteiger partial charge in [0.25, 0.3) is 0 Å². The molecule has 0 saturated heterocycles. The Morgan fingerprint density at radius 1 is 1.00 bits per heavy atom. The Hall–Kier alpha value is -3.84. The molecule has 0 aromatic heterocycles. The van der Waals surface area contributed by atoms with E-state index in [0.29, 0.717) is 71.2 Å². The monoisotopic (exact) mass is 617 g/mol. The van der Waals surface area contributed by atoms with Crippen LogP contribution in [0.5, 0.6) is 11.5 Å². The first-order chi connectivity index (χ1) is 20.7. The van der Waals surface area contributed by atoms with E-state index in [1.54, 1.807) is 18.1 Å². The highest BCUT2D eigenvalue weighted by molar-refractivity contribution is 6.30. The van der Waals surface area contributed by atoms with Crippen LogP contribution >= 0.6 is 11.6 Å². The summed E-state index contributed by atoms with van der Waals surface area (Å²) in [6.45, 7) is 12.0. The van der Waals surface area contributed by atoms with E-state index in [2.05, 4.69) is 6.58 Å². The van der Waals surface area contributed by atoms with Gasteiger partial charge < -0.3 is 19.5 Å². The number of carboxylic acid groups (broad SMARTS) is 1. The number of carbonyl (C=O) groups excluding carboxylic acids is 2. The summed E-state index contributed by atoms with van der Waals surface area (Å²) in [4.78, 5) is 42.0. The number of aliphatic carboxylic acids is 1. The number of nitrogens with zero attached hydrogens (tertiary/aromatic N) is 1. The minimum Gasteiger partial charge on any atom is -0.493 e. The third-order valence-corrected chi connectivity index (χ3v) is 8.94. The first-order valence-electron chi connectivity index (χ1n) is 14.9. The largest absolute Gasteiger partial charge is 0.493 e. The van der Waals surface area contributed by atoms with Crippen molar-refractivity contribution in [3.8, 4) is 11.5 Å². The molecule has 5 rings (SSSR count). The molecule has 2 aliphatic carbocycles. The Labute approximate surface area is 264 Å². The van der Waals surface area contributed by atoms with E-state index in [1.165, 1.54) is 0 Å². The highest BCUT2D eigenvalue weighted by Crippen LogP contribution is 2.55. The van der Waals surface area contributed by atoms with Crippen LogP contribution in [0.15, 0.2) is 71.6 Å². The molecule has 1 heterocycles. The van der Waals surface area contributed by atoms with Crippen molar-refractivity contribution in [1.29, 1.82) is 0 Å². The number of halogens is 1. The number of hydrogen-bond acceptors (Lipinski definition) is 6. The molecule has 3 aliphatic rings. The maximum atomic E-state index is 14.0. The van der Waals surface area contributed by atoms with Crippen LogP contribution in [-0.2, 0) is 27.4 Å². The normalized spacial score (nSPS) is 19.5. The number of hydrogen-bond donors (Lipinski definition) is 1. The van der Waals surface area contributed by atoms with E-state index in [-0.39, 0.29) is 35.5 Å². The second-order valence-electron chi connectivity index (χ2n) is 13.6. The van der Waals surface area contributed by atoms with Crippen molar-refractivity contribution >= 4 is 29.1 Å². The second kappa shape index (κ2) is 11.9. The Balaban J connectivity index is 1.71. The summed E-state index contributed by atoms with van der Waals surface area (Å²) in [5.74, 6) is -0.727. The number of benzene rings is 2. The first-order valence-corrected chi connectivity index (χ1v) is 15.3. The number of carboxylic acids is 1. The van der Waals surface area contributed by atoms with Gasteiger partial charge in [-0.2, -0.15) is 0 Å². The van der Waals surface area contributed by atoms with Gasteiger partial charge in [-0.1, -0.05) is 63.6 Å². The molecular formula is C36H40ClNO6. The van der Waals surface area contributed by atoms with Crippen LogP contribution in [0.4, 0.5) is 0 Å². The van der Waals surface area contributed by atoms with Crippen molar-refractivity contribution in [2.75, 3.05) is 13.7 Å². The summed E-state index contributed by atoms with van der Waals surface area (Å²) in [5, 5.41) is 10.6. The maximum absolute atomic E-state index is 14.0. The predicted molar refractivity (Wildman–Crippen MR) is 170 cm³/mol. The molecule has 7 nitrogen and oxygen atoms in total. The lowest BCUT2D eigenvalue weighted by Gasteiger charge is -2.48. The van der Waals surface area contributed by atoms with Crippen LogP contribution in [0, 0.1) is 10.8 Å². The van der Waals surface area contributed by atoms with Crippen LogP contribution in [0.1, 0.15) is 76.0 Å². The Bertz CT molecular complexity index is 1540. The zero-order valence-electron chi connectivity index (χ0n) is 26.1. The molecule has 1 aliphatic heterocycles. The summed E-state index contributed by atoms with van der Waals surface area (Å²) >= 11 is 6.06. The van der Waals surface area contributed by atoms with E-state index >= 15 is 0 Å². The molecular weight excluding hydrogens is 578 g/mol. The van der Waals surface area contributed by atoms with Gasteiger partial charge in [0.1, 0.15) is 13.2 Å². The maximum Gasteiger partial charge on any atom is 0.323 e. The predicted octanol–water partition coefficient (Wildman–Crippen LogP) is 7.43. The summed E-state index contributed by atoms with van der Waals surface area (Å²) in [5.41, 5.74) is 4.22. The number of ketones is 2. The average molecular weight is 618 g/mol. The van der Waals surface area contributed by atoms with Gasteiger partial charge >= 0.3 is 5.97 Å². The number of allylic oxidation sites excluding steroid dienone is 5. The van der Waals surface area contributed by atoms with Crippen molar-refractivity contribution in [2.24, 2.45) is 10.8 Å². The lowest BCUT2D eigenvalue weighted by Crippen LogP contribution is -2.45. The van der Waals surface area contributed by atoms with Crippen LogP contribution in [0.25, 0.3) is 0 Å². The molecule has 1 N–H and O–H groups in total. The van der Waals surface area contributed by atoms with Gasteiger partial charge in [0.15, 0.2) is 23.1 Å². The molecule has 0 saturated carbocycles. The fraction of sp³-hybridized carbons (Fsp3) is 0.417. The molecule has 0 unspecified atom stereocenters. The number of Topliss-reactive ketones (excluding diaryl/α,β-unsaturated/α-hetero) is 2. The Kier molecular flexibility index (Phi) is 8.56. The third-order valence-electron chi connectivity index (χ3n) is 8.68. The summed E-state index contributed by atoms with van der Waals surface area (Å²) in [7, 11) is 1.57. The van der Waals surface area contributed by atoms with Crippen molar-refractivity contribution in [3.05, 3.63) is 93.3 Å². The lowest BCUT2D eigenvalue weighted by atomic mass is 9.63. The van der Waals surface area contributed by atoms with Gasteiger partial charge in [-0.05, 0) is 59.4 Å². The van der Waals surface area contributed by atoms with E-state index in [4.69, 9.17) is 21.1 Å². The smallest absolute Gasteiger partial charge is 0.323 e. The molecule has 2 aromatic carbocycles. The van der Waals surface area contributed by atoms with E-state index in [9.17, 15) is 19.5 Å². The van der Waals surface area contributed by atoms with E-state index < -0.39 is 11.9 Å². The zero-order chi connectivity index (χ0) is 32.0. The number of methoxy groups -OCH3 is 1. The summed E-state index contributed by atoms with van der Waals surface area (Å²) < 4.78 is 12.2. The lowest BCUT2D eigenvalue weighted by molar-refractivity contribution is -0.138. The van der Waals surface area contributed by atoms with Gasteiger partial charge in [-0.15, -0.1) is 6.58 Å². The van der Waals surface area contributed by atoms with Crippen LogP contribution in [-0.4, -0.2) is 41.2 Å². The quantitative estimate of drug-likeness (QED) is 0.293. The van der Waals surface area contributed by atoms with E-state index in [1.807, 2.05) is 64.1 Å². The second-order valence-corrected chi connectivity index (χ2v) is 14.1. The molecule has 0 atom stereocenters. The summed E-state index contributed by atoms with van der Waals surface area (Å²) in [6, 6.07) is 11.3.